The summed E-state index contributed by atoms with van der Waals surface area (Å²) in [6.45, 7) is 7.52. The van der Waals surface area contributed by atoms with E-state index in [1.54, 1.807) is 7.11 Å². The van der Waals surface area contributed by atoms with E-state index in [0.717, 1.165) is 39.0 Å². The quantitative estimate of drug-likeness (QED) is 0.606. The van der Waals surface area contributed by atoms with Crippen molar-refractivity contribution in [1.29, 1.82) is 0 Å². The molecule has 1 aliphatic rings. The third-order valence-corrected chi connectivity index (χ3v) is 3.93. The summed E-state index contributed by atoms with van der Waals surface area (Å²) in [5.74, 6) is -0.159. The Morgan fingerprint density at radius 2 is 2.10 bits per heavy atom. The van der Waals surface area contributed by atoms with Crippen LogP contribution in [-0.2, 0) is 19.0 Å². The highest BCUT2D eigenvalue weighted by Gasteiger charge is 2.22. The lowest BCUT2D eigenvalue weighted by Crippen LogP contribution is -2.38. The Balaban J connectivity index is 2.42. The van der Waals surface area contributed by atoms with Crippen LogP contribution in [0.2, 0.25) is 0 Å². The molecule has 0 bridgehead atoms. The first-order valence-electron chi connectivity index (χ1n) is 7.43. The van der Waals surface area contributed by atoms with Crippen LogP contribution < -0.4 is 0 Å². The molecule has 0 aliphatic carbocycles. The molecule has 1 heterocycles. The van der Waals surface area contributed by atoms with Gasteiger partial charge in [0.25, 0.3) is 0 Å². The van der Waals surface area contributed by atoms with Gasteiger partial charge in [-0.2, -0.15) is 0 Å². The van der Waals surface area contributed by atoms with Gasteiger partial charge in [0.2, 0.25) is 0 Å². The Labute approximate surface area is 122 Å². The monoisotopic (exact) mass is 287 g/mol. The molecule has 0 radical (unpaired) electrons. The van der Waals surface area contributed by atoms with Crippen LogP contribution in [0.5, 0.6) is 0 Å². The Morgan fingerprint density at radius 3 is 2.65 bits per heavy atom. The lowest BCUT2D eigenvalue weighted by atomic mass is 10.0. The van der Waals surface area contributed by atoms with Crippen LogP contribution in [0.1, 0.15) is 39.5 Å². The lowest BCUT2D eigenvalue weighted by molar-refractivity contribution is -0.141. The van der Waals surface area contributed by atoms with E-state index in [1.165, 1.54) is 7.11 Å². The molecule has 1 saturated heterocycles. The molecule has 0 aromatic rings. The summed E-state index contributed by atoms with van der Waals surface area (Å²) in [4.78, 5) is 13.6. The maximum atomic E-state index is 11.3. The minimum Gasteiger partial charge on any atom is -0.469 e. The first-order chi connectivity index (χ1) is 9.46. The van der Waals surface area contributed by atoms with Crippen molar-refractivity contribution in [2.75, 3.05) is 40.5 Å². The summed E-state index contributed by atoms with van der Waals surface area (Å²) in [5.41, 5.74) is -0.139. The van der Waals surface area contributed by atoms with Crippen molar-refractivity contribution in [2.45, 2.75) is 51.2 Å². The summed E-state index contributed by atoms with van der Waals surface area (Å²) < 4.78 is 15.9. The van der Waals surface area contributed by atoms with E-state index < -0.39 is 0 Å². The van der Waals surface area contributed by atoms with E-state index in [2.05, 4.69) is 18.7 Å². The van der Waals surface area contributed by atoms with Gasteiger partial charge < -0.3 is 19.1 Å². The van der Waals surface area contributed by atoms with E-state index in [0.29, 0.717) is 19.1 Å². The summed E-state index contributed by atoms with van der Waals surface area (Å²) in [7, 11) is 3.17. The standard InChI is InChI=1S/C15H29NO4/c1-15(2,19-4)8-10-16(9-7-14(17)18-3)12-13-6-5-11-20-13/h13H,5-12H2,1-4H3. The molecule has 1 rings (SSSR count). The summed E-state index contributed by atoms with van der Waals surface area (Å²) in [5, 5.41) is 0. The molecule has 118 valence electrons. The fourth-order valence-electron chi connectivity index (χ4n) is 2.25. The SMILES string of the molecule is COC(=O)CCN(CCC(C)(C)OC)CC1CCCO1. The zero-order valence-electron chi connectivity index (χ0n) is 13.3. The number of esters is 1. The van der Waals surface area contributed by atoms with E-state index in [-0.39, 0.29) is 11.6 Å². The zero-order valence-corrected chi connectivity index (χ0v) is 13.3. The Morgan fingerprint density at radius 1 is 1.35 bits per heavy atom. The Hall–Kier alpha value is -0.650. The molecular weight excluding hydrogens is 258 g/mol. The number of rotatable bonds is 9. The number of carbonyl (C=O) groups is 1. The van der Waals surface area contributed by atoms with Gasteiger partial charge in [-0.3, -0.25) is 4.79 Å². The van der Waals surface area contributed by atoms with E-state index in [9.17, 15) is 4.79 Å². The van der Waals surface area contributed by atoms with Gasteiger partial charge in [0.15, 0.2) is 0 Å². The maximum absolute atomic E-state index is 11.3. The average molecular weight is 287 g/mol. The first kappa shape index (κ1) is 17.4. The maximum Gasteiger partial charge on any atom is 0.306 e. The molecular formula is C15H29NO4. The van der Waals surface area contributed by atoms with Gasteiger partial charge in [-0.25, -0.2) is 0 Å². The lowest BCUT2D eigenvalue weighted by Gasteiger charge is -2.29. The molecule has 0 aromatic carbocycles. The molecule has 0 saturated carbocycles. The van der Waals surface area contributed by atoms with E-state index in [1.807, 2.05) is 0 Å². The van der Waals surface area contributed by atoms with Gasteiger partial charge in [0.1, 0.15) is 0 Å². The summed E-state index contributed by atoms with van der Waals surface area (Å²) in [6.07, 6.45) is 3.91. The van der Waals surface area contributed by atoms with Crippen LogP contribution in [0.15, 0.2) is 0 Å². The van der Waals surface area contributed by atoms with Crippen molar-refractivity contribution in [2.24, 2.45) is 0 Å². The second-order valence-corrected chi connectivity index (χ2v) is 5.98. The average Bonchev–Trinajstić information content (AvgIpc) is 2.94. The van der Waals surface area contributed by atoms with Crippen LogP contribution in [0.25, 0.3) is 0 Å². The van der Waals surface area contributed by atoms with Crippen molar-refractivity contribution in [3.8, 4) is 0 Å². The van der Waals surface area contributed by atoms with Crippen LogP contribution in [0, 0.1) is 0 Å². The topological polar surface area (TPSA) is 48.0 Å². The molecule has 0 amide bonds. The highest BCUT2D eigenvalue weighted by atomic mass is 16.5. The van der Waals surface area contributed by atoms with Gasteiger partial charge in [0.05, 0.1) is 25.2 Å². The molecule has 1 aliphatic heterocycles. The molecule has 1 atom stereocenters. The first-order valence-corrected chi connectivity index (χ1v) is 7.43. The third kappa shape index (κ3) is 6.68. The summed E-state index contributed by atoms with van der Waals surface area (Å²) in [6, 6.07) is 0. The second kappa shape index (κ2) is 8.60. The molecule has 20 heavy (non-hydrogen) atoms. The largest absolute Gasteiger partial charge is 0.469 e. The molecule has 0 aromatic heterocycles. The van der Waals surface area contributed by atoms with Crippen LogP contribution in [0.4, 0.5) is 0 Å². The predicted octanol–water partition coefficient (Wildman–Crippen LogP) is 1.85. The number of nitrogens with zero attached hydrogens (tertiary/aromatic N) is 1. The third-order valence-electron chi connectivity index (χ3n) is 3.93. The van der Waals surface area contributed by atoms with Crippen molar-refractivity contribution in [3.05, 3.63) is 0 Å². The zero-order chi connectivity index (χ0) is 15.0. The molecule has 0 spiro atoms. The van der Waals surface area contributed by atoms with E-state index in [4.69, 9.17) is 14.2 Å². The van der Waals surface area contributed by atoms with Gasteiger partial charge in [-0.1, -0.05) is 0 Å². The molecule has 1 unspecified atom stereocenters. The van der Waals surface area contributed by atoms with Crippen molar-refractivity contribution >= 4 is 5.97 Å². The van der Waals surface area contributed by atoms with Crippen LogP contribution >= 0.6 is 0 Å². The fourth-order valence-corrected chi connectivity index (χ4v) is 2.25. The van der Waals surface area contributed by atoms with Gasteiger partial charge in [-0.05, 0) is 33.1 Å². The number of ether oxygens (including phenoxy) is 3. The van der Waals surface area contributed by atoms with Gasteiger partial charge >= 0.3 is 5.97 Å². The van der Waals surface area contributed by atoms with Gasteiger partial charge in [0, 0.05) is 33.4 Å². The molecule has 0 N–H and O–H groups in total. The second-order valence-electron chi connectivity index (χ2n) is 5.98. The normalized spacial score (nSPS) is 19.6. The van der Waals surface area contributed by atoms with Crippen LogP contribution in [0.3, 0.4) is 0 Å². The number of hydrogen-bond acceptors (Lipinski definition) is 5. The van der Waals surface area contributed by atoms with Crippen molar-refractivity contribution < 1.29 is 19.0 Å². The van der Waals surface area contributed by atoms with E-state index >= 15 is 0 Å². The van der Waals surface area contributed by atoms with Gasteiger partial charge in [-0.15, -0.1) is 0 Å². The fraction of sp³-hybridized carbons (Fsp3) is 0.933. The molecule has 1 fully saturated rings. The predicted molar refractivity (Wildman–Crippen MR) is 77.8 cm³/mol. The highest BCUT2D eigenvalue weighted by molar-refractivity contribution is 5.69. The number of carbonyl (C=O) groups excluding carboxylic acids is 1. The van der Waals surface area contributed by atoms with Crippen LogP contribution in [-0.4, -0.2) is 63.0 Å². The smallest absolute Gasteiger partial charge is 0.306 e. The Kier molecular flexibility index (Phi) is 7.48. The minimum absolute atomic E-state index is 0.139. The number of methoxy groups -OCH3 is 2. The minimum atomic E-state index is -0.159. The number of hydrogen-bond donors (Lipinski definition) is 0. The highest BCUT2D eigenvalue weighted by Crippen LogP contribution is 2.17. The molecule has 5 nitrogen and oxygen atoms in total. The molecule has 5 heteroatoms. The van der Waals surface area contributed by atoms with Crippen molar-refractivity contribution in [3.63, 3.8) is 0 Å². The van der Waals surface area contributed by atoms with Crippen molar-refractivity contribution in [1.82, 2.24) is 4.90 Å². The summed E-state index contributed by atoms with van der Waals surface area (Å²) >= 11 is 0. The Bertz CT molecular complexity index is 288.